The van der Waals surface area contributed by atoms with E-state index in [1.165, 1.54) is 18.2 Å². The van der Waals surface area contributed by atoms with Crippen molar-refractivity contribution in [2.45, 2.75) is 19.9 Å². The highest BCUT2D eigenvalue weighted by atomic mass is 79.9. The molecular weight excluding hydrogens is 313 g/mol. The Kier molecular flexibility index (Phi) is 4.04. The van der Waals surface area contributed by atoms with Gasteiger partial charge >= 0.3 is 0 Å². The van der Waals surface area contributed by atoms with Gasteiger partial charge in [-0.15, -0.1) is 0 Å². The second-order valence-electron chi connectivity index (χ2n) is 4.27. The van der Waals surface area contributed by atoms with Crippen LogP contribution in [0.15, 0.2) is 39.2 Å². The Hall–Kier alpha value is -1.62. The Labute approximate surface area is 118 Å². The quantitative estimate of drug-likeness (QED) is 0.927. The fraction of sp³-hybridized carbons (Fsp3) is 0.214. The molecule has 0 bridgehead atoms. The maximum atomic E-state index is 13.2. The van der Waals surface area contributed by atoms with Crippen molar-refractivity contribution in [3.05, 3.63) is 57.7 Å². The van der Waals surface area contributed by atoms with Crippen LogP contribution in [0.5, 0.6) is 0 Å². The molecule has 0 radical (unpaired) electrons. The molecule has 1 unspecified atom stereocenters. The summed E-state index contributed by atoms with van der Waals surface area (Å²) in [7, 11) is 0. The first-order valence-corrected chi connectivity index (χ1v) is 6.59. The van der Waals surface area contributed by atoms with Crippen molar-refractivity contribution in [3.8, 4) is 0 Å². The van der Waals surface area contributed by atoms with E-state index in [9.17, 15) is 9.18 Å². The standard InChI is InChI=1S/C14H13BrFNO2/c1-8-3-6-13(19-8)9(2)17-14(18)11-7-10(16)4-5-12(11)15/h3-7,9H,1-2H3,(H,17,18). The molecule has 0 aliphatic heterocycles. The molecule has 1 heterocycles. The molecule has 3 nitrogen and oxygen atoms in total. The number of rotatable bonds is 3. The molecule has 2 aromatic rings. The van der Waals surface area contributed by atoms with Crippen LogP contribution in [0, 0.1) is 12.7 Å². The van der Waals surface area contributed by atoms with Gasteiger partial charge in [-0.25, -0.2) is 4.39 Å². The Balaban J connectivity index is 2.15. The first-order valence-electron chi connectivity index (χ1n) is 5.79. The molecule has 0 fully saturated rings. The molecule has 100 valence electrons. The largest absolute Gasteiger partial charge is 0.464 e. The third-order valence-corrected chi connectivity index (χ3v) is 3.40. The van der Waals surface area contributed by atoms with E-state index >= 15 is 0 Å². The van der Waals surface area contributed by atoms with E-state index < -0.39 is 5.82 Å². The van der Waals surface area contributed by atoms with Crippen LogP contribution in [0.3, 0.4) is 0 Å². The molecule has 1 aromatic carbocycles. The fourth-order valence-corrected chi connectivity index (χ4v) is 2.13. The van der Waals surface area contributed by atoms with Crippen molar-refractivity contribution in [2.75, 3.05) is 0 Å². The van der Waals surface area contributed by atoms with Crippen LogP contribution >= 0.6 is 15.9 Å². The predicted molar refractivity (Wildman–Crippen MR) is 73.4 cm³/mol. The zero-order valence-corrected chi connectivity index (χ0v) is 12.1. The van der Waals surface area contributed by atoms with Crippen molar-refractivity contribution in [3.63, 3.8) is 0 Å². The maximum Gasteiger partial charge on any atom is 0.253 e. The summed E-state index contributed by atoms with van der Waals surface area (Å²) in [4.78, 5) is 12.1. The highest BCUT2D eigenvalue weighted by Crippen LogP contribution is 2.20. The number of hydrogen-bond donors (Lipinski definition) is 1. The number of carbonyl (C=O) groups excluding carboxylic acids is 1. The third kappa shape index (κ3) is 3.23. The molecule has 0 aliphatic rings. The summed E-state index contributed by atoms with van der Waals surface area (Å²) in [6.07, 6.45) is 0. The van der Waals surface area contributed by atoms with Gasteiger partial charge in [0.05, 0.1) is 11.6 Å². The number of halogens is 2. The van der Waals surface area contributed by atoms with Crippen molar-refractivity contribution >= 4 is 21.8 Å². The Bertz CT molecular complexity index is 609. The molecule has 2 rings (SSSR count). The van der Waals surface area contributed by atoms with Gasteiger partial charge in [0, 0.05) is 4.47 Å². The van der Waals surface area contributed by atoms with Crippen LogP contribution in [0.1, 0.15) is 34.8 Å². The van der Waals surface area contributed by atoms with Crippen LogP contribution in [0.2, 0.25) is 0 Å². The second kappa shape index (κ2) is 5.57. The van der Waals surface area contributed by atoms with Crippen LogP contribution in [-0.2, 0) is 0 Å². The SMILES string of the molecule is Cc1ccc(C(C)NC(=O)c2cc(F)ccc2Br)o1. The van der Waals surface area contributed by atoms with E-state index in [4.69, 9.17) is 4.42 Å². The minimum Gasteiger partial charge on any atom is -0.464 e. The monoisotopic (exact) mass is 325 g/mol. The highest BCUT2D eigenvalue weighted by Gasteiger charge is 2.16. The molecule has 0 spiro atoms. The van der Waals surface area contributed by atoms with Gasteiger partial charge in [-0.1, -0.05) is 0 Å². The van der Waals surface area contributed by atoms with Gasteiger partial charge < -0.3 is 9.73 Å². The van der Waals surface area contributed by atoms with Gasteiger partial charge in [0.2, 0.25) is 0 Å². The lowest BCUT2D eigenvalue weighted by Crippen LogP contribution is -2.26. The average Bonchev–Trinajstić information content (AvgIpc) is 2.79. The molecule has 0 saturated carbocycles. The number of amides is 1. The van der Waals surface area contributed by atoms with Crippen LogP contribution in [0.4, 0.5) is 4.39 Å². The molecule has 0 aliphatic carbocycles. The fourth-order valence-electron chi connectivity index (χ4n) is 1.70. The summed E-state index contributed by atoms with van der Waals surface area (Å²) in [5.41, 5.74) is 0.259. The summed E-state index contributed by atoms with van der Waals surface area (Å²) in [6.45, 7) is 3.64. The lowest BCUT2D eigenvalue weighted by atomic mass is 10.2. The lowest BCUT2D eigenvalue weighted by Gasteiger charge is -2.12. The molecular formula is C14H13BrFNO2. The number of furan rings is 1. The van der Waals surface area contributed by atoms with Gasteiger partial charge in [-0.05, 0) is 60.1 Å². The highest BCUT2D eigenvalue weighted by molar-refractivity contribution is 9.10. The number of hydrogen-bond acceptors (Lipinski definition) is 2. The van der Waals surface area contributed by atoms with Crippen molar-refractivity contribution in [1.29, 1.82) is 0 Å². The van der Waals surface area contributed by atoms with Gasteiger partial charge in [0.1, 0.15) is 17.3 Å². The van der Waals surface area contributed by atoms with E-state index in [0.29, 0.717) is 10.2 Å². The average molecular weight is 326 g/mol. The molecule has 1 atom stereocenters. The molecule has 5 heteroatoms. The number of benzene rings is 1. The molecule has 1 amide bonds. The van der Waals surface area contributed by atoms with Crippen LogP contribution in [-0.4, -0.2) is 5.91 Å². The molecule has 1 aromatic heterocycles. The third-order valence-electron chi connectivity index (χ3n) is 2.71. The Morgan fingerprint density at radius 2 is 2.11 bits per heavy atom. The van der Waals surface area contributed by atoms with Crippen LogP contribution < -0.4 is 5.32 Å². The van der Waals surface area contributed by atoms with Gasteiger partial charge in [-0.3, -0.25) is 4.79 Å². The normalized spacial score (nSPS) is 12.2. The summed E-state index contributed by atoms with van der Waals surface area (Å²) >= 11 is 3.23. The number of nitrogens with one attached hydrogen (secondary N) is 1. The number of aryl methyl sites for hydroxylation is 1. The maximum absolute atomic E-state index is 13.2. The Morgan fingerprint density at radius 3 is 2.74 bits per heavy atom. The minimum atomic E-state index is -0.449. The van der Waals surface area contributed by atoms with Crippen molar-refractivity contribution in [1.82, 2.24) is 5.32 Å². The summed E-state index contributed by atoms with van der Waals surface area (Å²) in [6, 6.07) is 7.35. The van der Waals surface area contributed by atoms with E-state index in [1.807, 2.05) is 19.9 Å². The topological polar surface area (TPSA) is 42.2 Å². The van der Waals surface area contributed by atoms with E-state index in [-0.39, 0.29) is 17.5 Å². The summed E-state index contributed by atoms with van der Waals surface area (Å²) < 4.78 is 19.1. The zero-order valence-electron chi connectivity index (χ0n) is 10.5. The second-order valence-corrected chi connectivity index (χ2v) is 5.12. The van der Waals surface area contributed by atoms with Gasteiger partial charge in [-0.2, -0.15) is 0 Å². The summed E-state index contributed by atoms with van der Waals surface area (Å²) in [5.74, 6) is 0.643. The Morgan fingerprint density at radius 1 is 1.37 bits per heavy atom. The minimum absolute atomic E-state index is 0.259. The molecule has 0 saturated heterocycles. The first-order chi connectivity index (χ1) is 8.97. The lowest BCUT2D eigenvalue weighted by molar-refractivity contribution is 0.0934. The van der Waals surface area contributed by atoms with E-state index in [2.05, 4.69) is 21.2 Å². The van der Waals surface area contributed by atoms with Crippen molar-refractivity contribution < 1.29 is 13.6 Å². The van der Waals surface area contributed by atoms with Crippen LogP contribution in [0.25, 0.3) is 0 Å². The summed E-state index contributed by atoms with van der Waals surface area (Å²) in [5, 5.41) is 2.76. The zero-order chi connectivity index (χ0) is 14.0. The van der Waals surface area contributed by atoms with Gasteiger partial charge in [0.25, 0.3) is 5.91 Å². The van der Waals surface area contributed by atoms with E-state index in [0.717, 1.165) is 5.76 Å². The molecule has 19 heavy (non-hydrogen) atoms. The first kappa shape index (κ1) is 13.8. The number of carbonyl (C=O) groups is 1. The predicted octanol–water partition coefficient (Wildman–Crippen LogP) is 3.98. The van der Waals surface area contributed by atoms with Crippen molar-refractivity contribution in [2.24, 2.45) is 0 Å². The molecule has 1 N–H and O–H groups in total. The smallest absolute Gasteiger partial charge is 0.253 e. The van der Waals surface area contributed by atoms with E-state index in [1.54, 1.807) is 6.07 Å². The van der Waals surface area contributed by atoms with Gasteiger partial charge in [0.15, 0.2) is 0 Å².